The van der Waals surface area contributed by atoms with Crippen LogP contribution in [-0.2, 0) is 11.3 Å². The number of hydrogen-bond donors (Lipinski definition) is 1. The monoisotopic (exact) mass is 357 g/mol. The molecule has 7 nitrogen and oxygen atoms in total. The molecule has 0 fully saturated rings. The lowest BCUT2D eigenvalue weighted by Crippen LogP contribution is -2.34. The molecule has 134 valence electrons. The molecule has 0 bridgehead atoms. The maximum absolute atomic E-state index is 12.8. The van der Waals surface area contributed by atoms with Crippen molar-refractivity contribution in [2.75, 3.05) is 13.2 Å². The van der Waals surface area contributed by atoms with Crippen LogP contribution in [0.25, 0.3) is 11.5 Å². The summed E-state index contributed by atoms with van der Waals surface area (Å²) in [6, 6.07) is 10.3. The molecule has 0 unspecified atom stereocenters. The van der Waals surface area contributed by atoms with E-state index in [9.17, 15) is 14.0 Å². The first-order valence-electron chi connectivity index (χ1n) is 7.87. The molecule has 0 aliphatic carbocycles. The van der Waals surface area contributed by atoms with E-state index in [2.05, 4.69) is 10.3 Å². The van der Waals surface area contributed by atoms with Crippen LogP contribution in [0.4, 0.5) is 4.39 Å². The lowest BCUT2D eigenvalue weighted by molar-refractivity contribution is -0.121. The first kappa shape index (κ1) is 17.4. The SMILES string of the molecule is O=C(Cn1cnc(-c2ccco2)cc1=O)NCCOc1ccc(F)cc1. The van der Waals surface area contributed by atoms with Crippen molar-refractivity contribution in [3.8, 4) is 17.2 Å². The number of rotatable bonds is 7. The number of nitrogens with zero attached hydrogens (tertiary/aromatic N) is 2. The van der Waals surface area contributed by atoms with Gasteiger partial charge in [-0.25, -0.2) is 9.37 Å². The molecule has 0 spiro atoms. The van der Waals surface area contributed by atoms with Gasteiger partial charge in [0.05, 0.1) is 19.1 Å². The molecule has 0 radical (unpaired) electrons. The van der Waals surface area contributed by atoms with Gasteiger partial charge in [-0.15, -0.1) is 0 Å². The molecule has 0 aliphatic rings. The van der Waals surface area contributed by atoms with E-state index in [1.165, 1.54) is 47.5 Å². The Morgan fingerprint density at radius 1 is 1.27 bits per heavy atom. The number of amides is 1. The zero-order chi connectivity index (χ0) is 18.4. The average Bonchev–Trinajstić information content (AvgIpc) is 3.17. The predicted molar refractivity (Wildman–Crippen MR) is 91.1 cm³/mol. The number of benzene rings is 1. The minimum Gasteiger partial charge on any atom is -0.492 e. The van der Waals surface area contributed by atoms with Crippen LogP contribution in [0.3, 0.4) is 0 Å². The normalized spacial score (nSPS) is 10.5. The second-order valence-corrected chi connectivity index (χ2v) is 5.37. The van der Waals surface area contributed by atoms with Crippen molar-refractivity contribution in [3.05, 3.63) is 71.2 Å². The van der Waals surface area contributed by atoms with Gasteiger partial charge in [0, 0.05) is 6.07 Å². The zero-order valence-electron chi connectivity index (χ0n) is 13.7. The van der Waals surface area contributed by atoms with Crippen molar-refractivity contribution >= 4 is 5.91 Å². The predicted octanol–water partition coefficient (Wildman–Crippen LogP) is 1.84. The summed E-state index contributed by atoms with van der Waals surface area (Å²) in [6.07, 6.45) is 2.79. The Balaban J connectivity index is 1.47. The van der Waals surface area contributed by atoms with Gasteiger partial charge in [-0.2, -0.15) is 0 Å². The third-order valence-corrected chi connectivity index (χ3v) is 3.47. The van der Waals surface area contributed by atoms with Crippen molar-refractivity contribution in [3.63, 3.8) is 0 Å². The molecule has 1 aromatic carbocycles. The highest BCUT2D eigenvalue weighted by Crippen LogP contribution is 2.14. The zero-order valence-corrected chi connectivity index (χ0v) is 13.7. The largest absolute Gasteiger partial charge is 0.492 e. The van der Waals surface area contributed by atoms with Gasteiger partial charge < -0.3 is 14.5 Å². The molecule has 1 amide bonds. The number of halogens is 1. The Bertz CT molecular complexity index is 920. The van der Waals surface area contributed by atoms with E-state index in [0.29, 0.717) is 17.2 Å². The van der Waals surface area contributed by atoms with E-state index in [1.807, 2.05) is 0 Å². The van der Waals surface area contributed by atoms with Crippen molar-refractivity contribution in [2.24, 2.45) is 0 Å². The number of hydrogen-bond acceptors (Lipinski definition) is 5. The maximum atomic E-state index is 12.8. The lowest BCUT2D eigenvalue weighted by atomic mass is 10.3. The third kappa shape index (κ3) is 4.56. The van der Waals surface area contributed by atoms with Crippen LogP contribution in [0.2, 0.25) is 0 Å². The number of nitrogens with one attached hydrogen (secondary N) is 1. The minimum absolute atomic E-state index is 0.152. The van der Waals surface area contributed by atoms with Crippen molar-refractivity contribution in [1.29, 1.82) is 0 Å². The quantitative estimate of drug-likeness (QED) is 0.652. The number of carbonyl (C=O) groups excluding carboxylic acids is 1. The van der Waals surface area contributed by atoms with E-state index in [0.717, 1.165) is 0 Å². The van der Waals surface area contributed by atoms with Crippen LogP contribution in [0.5, 0.6) is 5.75 Å². The summed E-state index contributed by atoms with van der Waals surface area (Å²) in [5, 5.41) is 2.64. The Morgan fingerprint density at radius 2 is 2.08 bits per heavy atom. The van der Waals surface area contributed by atoms with Crippen LogP contribution in [0.15, 0.2) is 64.3 Å². The summed E-state index contributed by atoms with van der Waals surface area (Å²) in [6.45, 7) is 0.325. The van der Waals surface area contributed by atoms with Crippen molar-refractivity contribution in [2.45, 2.75) is 6.54 Å². The average molecular weight is 357 g/mol. The lowest BCUT2D eigenvalue weighted by Gasteiger charge is -2.09. The Morgan fingerprint density at radius 3 is 2.77 bits per heavy atom. The molecular formula is C18H16FN3O4. The van der Waals surface area contributed by atoms with Crippen LogP contribution in [0.1, 0.15) is 0 Å². The Kier molecular flexibility index (Phi) is 5.43. The third-order valence-electron chi connectivity index (χ3n) is 3.47. The molecule has 0 aliphatic heterocycles. The Labute approximate surface area is 148 Å². The van der Waals surface area contributed by atoms with E-state index in [-0.39, 0.29) is 37.0 Å². The number of ether oxygens (including phenoxy) is 1. The fraction of sp³-hybridized carbons (Fsp3) is 0.167. The molecular weight excluding hydrogens is 341 g/mol. The van der Waals surface area contributed by atoms with Gasteiger partial charge in [-0.3, -0.25) is 14.2 Å². The van der Waals surface area contributed by atoms with Crippen LogP contribution in [-0.4, -0.2) is 28.6 Å². The van der Waals surface area contributed by atoms with Crippen LogP contribution in [0, 0.1) is 5.82 Å². The maximum Gasteiger partial charge on any atom is 0.254 e. The molecule has 1 N–H and O–H groups in total. The number of carbonyl (C=O) groups is 1. The molecule has 2 heterocycles. The van der Waals surface area contributed by atoms with Gasteiger partial charge in [0.15, 0.2) is 5.76 Å². The molecule has 0 saturated heterocycles. The second kappa shape index (κ2) is 8.11. The summed E-state index contributed by atoms with van der Waals surface area (Å²) in [7, 11) is 0. The highest BCUT2D eigenvalue weighted by molar-refractivity contribution is 5.75. The van der Waals surface area contributed by atoms with Crippen LogP contribution < -0.4 is 15.6 Å². The van der Waals surface area contributed by atoms with Gasteiger partial charge in [-0.1, -0.05) is 0 Å². The molecule has 26 heavy (non-hydrogen) atoms. The van der Waals surface area contributed by atoms with E-state index in [1.54, 1.807) is 12.1 Å². The topological polar surface area (TPSA) is 86.4 Å². The summed E-state index contributed by atoms with van der Waals surface area (Å²) in [5.74, 6) is 0.302. The Hall–Kier alpha value is -3.42. The smallest absolute Gasteiger partial charge is 0.254 e. The van der Waals surface area contributed by atoms with E-state index in [4.69, 9.17) is 9.15 Å². The second-order valence-electron chi connectivity index (χ2n) is 5.37. The summed E-state index contributed by atoms with van der Waals surface area (Å²) in [4.78, 5) is 28.1. The molecule has 2 aromatic heterocycles. The van der Waals surface area contributed by atoms with Gasteiger partial charge in [0.2, 0.25) is 5.91 Å². The molecule has 3 aromatic rings. The fourth-order valence-corrected chi connectivity index (χ4v) is 2.20. The number of furan rings is 1. The minimum atomic E-state index is -0.357. The van der Waals surface area contributed by atoms with E-state index >= 15 is 0 Å². The van der Waals surface area contributed by atoms with Crippen molar-refractivity contribution in [1.82, 2.24) is 14.9 Å². The summed E-state index contributed by atoms with van der Waals surface area (Å²) >= 11 is 0. The molecule has 3 rings (SSSR count). The molecule has 0 saturated carbocycles. The van der Waals surface area contributed by atoms with Gasteiger partial charge in [-0.05, 0) is 36.4 Å². The van der Waals surface area contributed by atoms with Crippen molar-refractivity contribution < 1.29 is 18.3 Å². The highest BCUT2D eigenvalue weighted by Gasteiger charge is 2.08. The molecule has 8 heteroatoms. The standard InChI is InChI=1S/C18H16FN3O4/c19-13-3-5-14(6-4-13)25-9-7-20-17(23)11-22-12-21-15(10-18(22)24)16-2-1-8-26-16/h1-6,8,10,12H,7,9,11H2,(H,20,23). The fourth-order valence-electron chi connectivity index (χ4n) is 2.20. The first-order chi connectivity index (χ1) is 12.6. The first-order valence-corrected chi connectivity index (χ1v) is 7.87. The van der Waals surface area contributed by atoms with Gasteiger partial charge >= 0.3 is 0 Å². The summed E-state index contributed by atoms with van der Waals surface area (Å²) < 4.78 is 24.5. The molecule has 0 atom stereocenters. The van der Waals surface area contributed by atoms with Crippen LogP contribution >= 0.6 is 0 Å². The number of aromatic nitrogens is 2. The van der Waals surface area contributed by atoms with Gasteiger partial charge in [0.25, 0.3) is 5.56 Å². The highest BCUT2D eigenvalue weighted by atomic mass is 19.1. The van der Waals surface area contributed by atoms with Gasteiger partial charge in [0.1, 0.15) is 30.4 Å². The van der Waals surface area contributed by atoms with E-state index < -0.39 is 0 Å². The summed E-state index contributed by atoms with van der Waals surface area (Å²) in [5.41, 5.74) is 0.0495.